The summed E-state index contributed by atoms with van der Waals surface area (Å²) in [6, 6.07) is 21.6. The summed E-state index contributed by atoms with van der Waals surface area (Å²) in [6.45, 7) is 3.01. The number of hydrazone groups is 1. The van der Waals surface area contributed by atoms with Gasteiger partial charge >= 0.3 is 0 Å². The largest absolute Gasteiger partial charge is 0.440 e. The molecule has 154 valence electrons. The standard InChI is InChI=1S/C23H23N3O3S/c27-23(19-8-6-18(7-9-19)17-30-21-4-2-1-3-5-21)25-24-16-20-10-11-22(29-20)26-12-14-28-15-13-26/h1-11,16H,12-15,17H2,(H,25,27)/b24-16-. The maximum Gasteiger partial charge on any atom is 0.271 e. The van der Waals surface area contributed by atoms with Crippen molar-refractivity contribution in [2.75, 3.05) is 31.2 Å². The number of nitrogens with zero attached hydrogens (tertiary/aromatic N) is 2. The van der Waals surface area contributed by atoms with E-state index in [0.717, 1.165) is 30.3 Å². The lowest BCUT2D eigenvalue weighted by atomic mass is 10.1. The third kappa shape index (κ3) is 5.52. The first-order chi connectivity index (χ1) is 14.8. The molecule has 1 aliphatic heterocycles. The molecule has 0 radical (unpaired) electrons. The molecule has 6 nitrogen and oxygen atoms in total. The van der Waals surface area contributed by atoms with Crippen molar-refractivity contribution in [2.24, 2.45) is 5.10 Å². The number of benzene rings is 2. The maximum absolute atomic E-state index is 12.3. The second-order valence-corrected chi connectivity index (χ2v) is 7.82. The van der Waals surface area contributed by atoms with Gasteiger partial charge in [-0.15, -0.1) is 11.8 Å². The molecule has 1 fully saturated rings. The van der Waals surface area contributed by atoms with Crippen LogP contribution in [0.1, 0.15) is 21.7 Å². The number of rotatable bonds is 7. The summed E-state index contributed by atoms with van der Waals surface area (Å²) < 4.78 is 11.1. The molecule has 1 amide bonds. The van der Waals surface area contributed by atoms with E-state index in [1.54, 1.807) is 11.8 Å². The molecular weight excluding hydrogens is 398 g/mol. The number of furan rings is 1. The third-order valence-electron chi connectivity index (χ3n) is 4.66. The quantitative estimate of drug-likeness (QED) is 0.352. The second-order valence-electron chi connectivity index (χ2n) is 6.77. The van der Waals surface area contributed by atoms with Crippen molar-refractivity contribution in [1.29, 1.82) is 0 Å². The highest BCUT2D eigenvalue weighted by molar-refractivity contribution is 7.98. The van der Waals surface area contributed by atoms with Gasteiger partial charge in [-0.1, -0.05) is 30.3 Å². The molecule has 0 spiro atoms. The van der Waals surface area contributed by atoms with Crippen LogP contribution in [0.15, 0.2) is 81.1 Å². The predicted octanol–water partition coefficient (Wildman–Crippen LogP) is 4.17. The lowest BCUT2D eigenvalue weighted by molar-refractivity contribution is 0.0955. The average Bonchev–Trinajstić information content (AvgIpc) is 3.28. The van der Waals surface area contributed by atoms with Crippen molar-refractivity contribution in [1.82, 2.24) is 5.43 Å². The minimum absolute atomic E-state index is 0.256. The van der Waals surface area contributed by atoms with Gasteiger partial charge in [0.2, 0.25) is 0 Å². The molecule has 0 aliphatic carbocycles. The fourth-order valence-corrected chi connectivity index (χ4v) is 3.90. The monoisotopic (exact) mass is 421 g/mol. The van der Waals surface area contributed by atoms with E-state index in [9.17, 15) is 4.79 Å². The lowest BCUT2D eigenvalue weighted by Gasteiger charge is -2.26. The summed E-state index contributed by atoms with van der Waals surface area (Å²) in [5.74, 6) is 1.97. The summed E-state index contributed by atoms with van der Waals surface area (Å²) >= 11 is 1.77. The van der Waals surface area contributed by atoms with E-state index in [2.05, 4.69) is 27.6 Å². The zero-order chi connectivity index (χ0) is 20.6. The summed E-state index contributed by atoms with van der Waals surface area (Å²) in [4.78, 5) is 15.6. The summed E-state index contributed by atoms with van der Waals surface area (Å²) in [7, 11) is 0. The fourth-order valence-electron chi connectivity index (χ4n) is 3.02. The lowest BCUT2D eigenvalue weighted by Crippen LogP contribution is -2.35. The van der Waals surface area contributed by atoms with Crippen LogP contribution in [0.4, 0.5) is 5.88 Å². The second kappa shape index (κ2) is 10.1. The van der Waals surface area contributed by atoms with Crippen LogP contribution in [0.5, 0.6) is 0 Å². The van der Waals surface area contributed by atoms with Gasteiger partial charge in [0.05, 0.1) is 19.4 Å². The van der Waals surface area contributed by atoms with Crippen molar-refractivity contribution < 1.29 is 13.9 Å². The van der Waals surface area contributed by atoms with Crippen LogP contribution in [-0.4, -0.2) is 38.4 Å². The van der Waals surface area contributed by atoms with Gasteiger partial charge in [-0.3, -0.25) is 4.79 Å². The first-order valence-electron chi connectivity index (χ1n) is 9.81. The van der Waals surface area contributed by atoms with Crippen molar-refractivity contribution in [3.63, 3.8) is 0 Å². The molecule has 1 aliphatic rings. The number of carbonyl (C=O) groups is 1. The van der Waals surface area contributed by atoms with E-state index < -0.39 is 0 Å². The Morgan fingerprint density at radius 1 is 1.03 bits per heavy atom. The fraction of sp³-hybridized carbons (Fsp3) is 0.217. The van der Waals surface area contributed by atoms with E-state index in [-0.39, 0.29) is 5.91 Å². The number of anilines is 1. The van der Waals surface area contributed by atoms with E-state index in [1.165, 1.54) is 11.1 Å². The molecular formula is C23H23N3O3S. The van der Waals surface area contributed by atoms with Crippen LogP contribution < -0.4 is 10.3 Å². The van der Waals surface area contributed by atoms with Crippen LogP contribution in [0.2, 0.25) is 0 Å². The topological polar surface area (TPSA) is 67.1 Å². The molecule has 1 saturated heterocycles. The minimum Gasteiger partial charge on any atom is -0.440 e. The minimum atomic E-state index is -0.256. The molecule has 1 N–H and O–H groups in total. The maximum atomic E-state index is 12.3. The third-order valence-corrected chi connectivity index (χ3v) is 5.74. The van der Waals surface area contributed by atoms with E-state index in [0.29, 0.717) is 24.5 Å². The normalized spacial score (nSPS) is 14.2. The van der Waals surface area contributed by atoms with Gasteiger partial charge in [0.1, 0.15) is 5.76 Å². The van der Waals surface area contributed by atoms with Gasteiger partial charge in [0.25, 0.3) is 5.91 Å². The number of hydrogen-bond acceptors (Lipinski definition) is 6. The molecule has 30 heavy (non-hydrogen) atoms. The zero-order valence-corrected chi connectivity index (χ0v) is 17.3. The summed E-state index contributed by atoms with van der Waals surface area (Å²) in [5.41, 5.74) is 4.27. The molecule has 3 aromatic rings. The molecule has 1 aromatic heterocycles. The summed E-state index contributed by atoms with van der Waals surface area (Å²) in [6.07, 6.45) is 1.51. The Balaban J connectivity index is 1.27. The first-order valence-corrected chi connectivity index (χ1v) is 10.8. The number of carbonyl (C=O) groups excluding carboxylic acids is 1. The van der Waals surface area contributed by atoms with Crippen LogP contribution in [-0.2, 0) is 10.5 Å². The zero-order valence-electron chi connectivity index (χ0n) is 16.5. The molecule has 0 saturated carbocycles. The van der Waals surface area contributed by atoms with Crippen LogP contribution in [0.25, 0.3) is 0 Å². The Morgan fingerprint density at radius 3 is 2.57 bits per heavy atom. The summed E-state index contributed by atoms with van der Waals surface area (Å²) in [5, 5.41) is 4.01. The van der Waals surface area contributed by atoms with Gasteiger partial charge in [0.15, 0.2) is 5.88 Å². The molecule has 0 bridgehead atoms. The van der Waals surface area contributed by atoms with Crippen molar-refractivity contribution in [3.05, 3.63) is 83.6 Å². The predicted molar refractivity (Wildman–Crippen MR) is 119 cm³/mol. The van der Waals surface area contributed by atoms with E-state index in [4.69, 9.17) is 9.15 Å². The molecule has 2 heterocycles. The Kier molecular flexibility index (Phi) is 6.84. The van der Waals surface area contributed by atoms with Gasteiger partial charge < -0.3 is 14.1 Å². The molecule has 7 heteroatoms. The Morgan fingerprint density at radius 2 is 1.80 bits per heavy atom. The Bertz CT molecular complexity index is 980. The van der Waals surface area contributed by atoms with Gasteiger partial charge in [-0.05, 0) is 35.9 Å². The molecule has 0 atom stereocenters. The van der Waals surface area contributed by atoms with Crippen LogP contribution >= 0.6 is 11.8 Å². The highest BCUT2D eigenvalue weighted by atomic mass is 32.2. The van der Waals surface area contributed by atoms with Gasteiger partial charge in [-0.25, -0.2) is 5.43 Å². The number of ether oxygens (including phenoxy) is 1. The Hall–Kier alpha value is -3.03. The number of hydrogen-bond donors (Lipinski definition) is 1. The number of thioether (sulfide) groups is 1. The van der Waals surface area contributed by atoms with E-state index in [1.807, 2.05) is 54.6 Å². The van der Waals surface area contributed by atoms with Gasteiger partial charge in [0, 0.05) is 35.4 Å². The van der Waals surface area contributed by atoms with Crippen molar-refractivity contribution in [2.45, 2.75) is 10.6 Å². The van der Waals surface area contributed by atoms with Crippen molar-refractivity contribution in [3.8, 4) is 0 Å². The van der Waals surface area contributed by atoms with Crippen molar-refractivity contribution >= 4 is 29.8 Å². The highest BCUT2D eigenvalue weighted by Crippen LogP contribution is 2.22. The van der Waals surface area contributed by atoms with Crippen LogP contribution in [0, 0.1) is 0 Å². The van der Waals surface area contributed by atoms with Crippen LogP contribution in [0.3, 0.4) is 0 Å². The molecule has 0 unspecified atom stereocenters. The van der Waals surface area contributed by atoms with E-state index >= 15 is 0 Å². The molecule has 4 rings (SSSR count). The smallest absolute Gasteiger partial charge is 0.271 e. The number of amides is 1. The number of morpholine rings is 1. The van der Waals surface area contributed by atoms with Gasteiger partial charge in [-0.2, -0.15) is 5.10 Å². The first kappa shape index (κ1) is 20.3. The SMILES string of the molecule is O=C(N/N=C\c1ccc(N2CCOCC2)o1)c1ccc(CSc2ccccc2)cc1. The number of nitrogens with one attached hydrogen (secondary N) is 1. The molecule has 2 aromatic carbocycles. The average molecular weight is 422 g/mol. The Labute approximate surface area is 179 Å². The highest BCUT2D eigenvalue weighted by Gasteiger charge is 2.14.